The Labute approximate surface area is 494 Å². The van der Waals surface area contributed by atoms with Crippen LogP contribution >= 0.6 is 0 Å². The highest BCUT2D eigenvalue weighted by Crippen LogP contribution is 2.16. The van der Waals surface area contributed by atoms with Gasteiger partial charge in [-0.2, -0.15) is 0 Å². The summed E-state index contributed by atoms with van der Waals surface area (Å²) in [6.07, 6.45) is 94.7. The van der Waals surface area contributed by atoms with Crippen LogP contribution in [0.4, 0.5) is 0 Å². The fraction of sp³-hybridized carbons (Fsp3) is 0.662. The lowest BCUT2D eigenvalue weighted by Crippen LogP contribution is -2.30. The van der Waals surface area contributed by atoms with Gasteiger partial charge in [0.2, 0.25) is 0 Å². The molecule has 6 heteroatoms. The van der Waals surface area contributed by atoms with E-state index in [9.17, 15) is 14.4 Å². The van der Waals surface area contributed by atoms with Crippen molar-refractivity contribution in [2.45, 2.75) is 303 Å². The zero-order chi connectivity index (χ0) is 57.8. The minimum atomic E-state index is -0.803. The van der Waals surface area contributed by atoms with Crippen molar-refractivity contribution in [2.24, 2.45) is 0 Å². The van der Waals surface area contributed by atoms with Crippen LogP contribution in [-0.2, 0) is 28.6 Å². The fourth-order valence-electron chi connectivity index (χ4n) is 8.96. The molecule has 0 rings (SSSR count). The van der Waals surface area contributed by atoms with Gasteiger partial charge in [-0.25, -0.2) is 0 Å². The van der Waals surface area contributed by atoms with Crippen LogP contribution in [0.2, 0.25) is 0 Å². The summed E-state index contributed by atoms with van der Waals surface area (Å²) >= 11 is 0. The Morgan fingerprint density at radius 2 is 0.487 bits per heavy atom. The maximum Gasteiger partial charge on any atom is 0.306 e. The third-order valence-electron chi connectivity index (χ3n) is 13.9. The minimum absolute atomic E-state index is 0.0958. The van der Waals surface area contributed by atoms with Gasteiger partial charge in [-0.1, -0.05) is 276 Å². The number of esters is 3. The molecule has 0 N–H and O–H groups in total. The first-order chi connectivity index (χ1) is 39.5. The number of carbonyl (C=O) groups excluding carboxylic acids is 3. The number of carbonyl (C=O) groups is 3. The molecule has 1 atom stereocenters. The molecule has 0 aliphatic rings. The molecule has 1 unspecified atom stereocenters. The molecule has 0 saturated heterocycles. The van der Waals surface area contributed by atoms with Gasteiger partial charge >= 0.3 is 17.9 Å². The van der Waals surface area contributed by atoms with Crippen LogP contribution in [-0.4, -0.2) is 37.2 Å². The average molecular weight is 1110 g/mol. The first kappa shape index (κ1) is 75.5. The van der Waals surface area contributed by atoms with Crippen molar-refractivity contribution in [1.29, 1.82) is 0 Å². The molecule has 0 bridgehead atoms. The lowest BCUT2D eigenvalue weighted by Gasteiger charge is -2.18. The first-order valence-electron chi connectivity index (χ1n) is 33.2. The topological polar surface area (TPSA) is 78.9 Å². The number of rotatable bonds is 59. The summed E-state index contributed by atoms with van der Waals surface area (Å²) in [5.41, 5.74) is 0. The molecule has 0 aliphatic carbocycles. The van der Waals surface area contributed by atoms with Crippen LogP contribution < -0.4 is 0 Å². The summed E-state index contributed by atoms with van der Waals surface area (Å²) in [6.45, 7) is 6.37. The number of ether oxygens (including phenoxy) is 3. The minimum Gasteiger partial charge on any atom is -0.462 e. The summed E-state index contributed by atoms with van der Waals surface area (Å²) in [5, 5.41) is 0. The van der Waals surface area contributed by atoms with E-state index in [0.29, 0.717) is 12.8 Å². The molecular formula is C74H122O6. The van der Waals surface area contributed by atoms with Crippen molar-refractivity contribution in [2.75, 3.05) is 13.2 Å². The van der Waals surface area contributed by atoms with Gasteiger partial charge < -0.3 is 14.2 Å². The smallest absolute Gasteiger partial charge is 0.306 e. The van der Waals surface area contributed by atoms with Gasteiger partial charge in [-0.3, -0.25) is 14.4 Å². The summed E-state index contributed by atoms with van der Waals surface area (Å²) < 4.78 is 16.9. The molecule has 0 amide bonds. The van der Waals surface area contributed by atoms with E-state index in [0.717, 1.165) is 141 Å². The van der Waals surface area contributed by atoms with Crippen LogP contribution in [0.1, 0.15) is 297 Å². The Kier molecular flexibility index (Phi) is 63.3. The van der Waals surface area contributed by atoms with E-state index in [4.69, 9.17) is 14.2 Å². The Bertz CT molecular complexity index is 1700. The lowest BCUT2D eigenvalue weighted by atomic mass is 10.0. The lowest BCUT2D eigenvalue weighted by molar-refractivity contribution is -0.167. The van der Waals surface area contributed by atoms with Crippen LogP contribution in [0, 0.1) is 0 Å². The second-order valence-electron chi connectivity index (χ2n) is 21.6. The highest BCUT2D eigenvalue weighted by Gasteiger charge is 2.19. The fourth-order valence-corrected chi connectivity index (χ4v) is 8.96. The maximum atomic E-state index is 12.9. The molecule has 0 spiro atoms. The quantitative estimate of drug-likeness (QED) is 0.0261. The van der Waals surface area contributed by atoms with Crippen molar-refractivity contribution in [3.05, 3.63) is 134 Å². The highest BCUT2D eigenvalue weighted by atomic mass is 16.6. The molecule has 0 radical (unpaired) electrons. The third kappa shape index (κ3) is 64.4. The van der Waals surface area contributed by atoms with Crippen LogP contribution in [0.3, 0.4) is 0 Å². The van der Waals surface area contributed by atoms with E-state index in [1.165, 1.54) is 116 Å². The van der Waals surface area contributed by atoms with Gasteiger partial charge in [0.15, 0.2) is 6.10 Å². The molecule has 0 aromatic carbocycles. The van der Waals surface area contributed by atoms with E-state index in [-0.39, 0.29) is 37.5 Å². The average Bonchev–Trinajstić information content (AvgIpc) is 3.46. The molecule has 80 heavy (non-hydrogen) atoms. The second-order valence-corrected chi connectivity index (χ2v) is 21.6. The van der Waals surface area contributed by atoms with Crippen LogP contribution in [0.25, 0.3) is 0 Å². The molecule has 0 saturated carbocycles. The Hall–Kier alpha value is -4.45. The molecule has 0 aromatic rings. The summed E-state index contributed by atoms with van der Waals surface area (Å²) in [4.78, 5) is 38.3. The van der Waals surface area contributed by atoms with Gasteiger partial charge in [0.1, 0.15) is 13.2 Å². The maximum absolute atomic E-state index is 12.9. The zero-order valence-corrected chi connectivity index (χ0v) is 52.0. The van der Waals surface area contributed by atoms with E-state index >= 15 is 0 Å². The summed E-state index contributed by atoms with van der Waals surface area (Å²) in [5.74, 6) is -0.934. The third-order valence-corrected chi connectivity index (χ3v) is 13.9. The van der Waals surface area contributed by atoms with Crippen molar-refractivity contribution in [3.63, 3.8) is 0 Å². The molecule has 0 aliphatic heterocycles. The number of unbranched alkanes of at least 4 members (excludes halogenated alkanes) is 26. The zero-order valence-electron chi connectivity index (χ0n) is 52.0. The van der Waals surface area contributed by atoms with Crippen molar-refractivity contribution in [3.8, 4) is 0 Å². The standard InChI is InChI=1S/C74H122O6/c1-4-7-10-13-16-19-22-25-27-29-31-32-33-34-35-36-37-38-39-40-41-42-44-45-47-49-52-55-58-61-64-67-73(76)79-70-71(69-78-72(75)66-63-60-57-54-51-24-21-18-15-12-9-6-3)80-74(77)68-65-62-59-56-53-50-48-46-43-30-28-26-23-20-17-14-11-8-5-2/h7-8,10-11,16-21,25-28,31-32,34-35,43,46,50,53,71H,4-6,9,12-15,22-24,29-30,33,36-42,44-45,47-49,51-52,54-70H2,1-3H3/b10-7-,11-8-,19-16-,20-17-,21-18-,27-25-,28-26-,32-31-,35-34-,46-43-,53-50-. The molecule has 0 aromatic heterocycles. The van der Waals surface area contributed by atoms with Gasteiger partial charge in [0, 0.05) is 19.3 Å². The van der Waals surface area contributed by atoms with E-state index in [2.05, 4.69) is 154 Å². The number of allylic oxidation sites excluding steroid dienone is 22. The van der Waals surface area contributed by atoms with Crippen molar-refractivity contribution < 1.29 is 28.6 Å². The first-order valence-corrected chi connectivity index (χ1v) is 33.2. The van der Waals surface area contributed by atoms with Gasteiger partial charge in [-0.15, -0.1) is 0 Å². The molecule has 0 heterocycles. The molecule has 454 valence electrons. The van der Waals surface area contributed by atoms with Crippen LogP contribution in [0.15, 0.2) is 134 Å². The predicted molar refractivity (Wildman–Crippen MR) is 348 cm³/mol. The number of hydrogen-bond donors (Lipinski definition) is 0. The van der Waals surface area contributed by atoms with Gasteiger partial charge in [0.05, 0.1) is 0 Å². The largest absolute Gasteiger partial charge is 0.462 e. The highest BCUT2D eigenvalue weighted by molar-refractivity contribution is 5.71. The Morgan fingerprint density at radius 1 is 0.263 bits per heavy atom. The Morgan fingerprint density at radius 3 is 0.787 bits per heavy atom. The van der Waals surface area contributed by atoms with Crippen LogP contribution in [0.5, 0.6) is 0 Å². The van der Waals surface area contributed by atoms with Gasteiger partial charge in [0.25, 0.3) is 0 Å². The second kappa shape index (κ2) is 67.1. The van der Waals surface area contributed by atoms with E-state index < -0.39 is 6.10 Å². The van der Waals surface area contributed by atoms with Crippen molar-refractivity contribution >= 4 is 17.9 Å². The van der Waals surface area contributed by atoms with Gasteiger partial charge in [-0.05, 0) is 135 Å². The van der Waals surface area contributed by atoms with E-state index in [1.807, 2.05) is 0 Å². The number of hydrogen-bond acceptors (Lipinski definition) is 6. The van der Waals surface area contributed by atoms with Crippen molar-refractivity contribution in [1.82, 2.24) is 0 Å². The molecular weight excluding hydrogens is 985 g/mol. The predicted octanol–water partition coefficient (Wildman–Crippen LogP) is 22.9. The molecule has 0 fully saturated rings. The monoisotopic (exact) mass is 1110 g/mol. The normalized spacial score (nSPS) is 13.0. The summed E-state index contributed by atoms with van der Waals surface area (Å²) in [7, 11) is 0. The molecule has 6 nitrogen and oxygen atoms in total. The Balaban J connectivity index is 4.27. The summed E-state index contributed by atoms with van der Waals surface area (Å²) in [6, 6.07) is 0. The van der Waals surface area contributed by atoms with E-state index in [1.54, 1.807) is 0 Å². The SMILES string of the molecule is CC/C=C\C/C=C\C/C=C\C/C=C\C/C=C\CCCCCCCCCCCCCCCCCC(=O)OCC(COC(=O)CCCCCCC/C=C\CCCCC)OC(=O)CCCCC/C=C\C/C=C\C/C=C\C/C=C\C/C=C\CC.